The minimum absolute atomic E-state index is 0.174. The van der Waals surface area contributed by atoms with Crippen LogP contribution < -0.4 is 11.1 Å². The molecule has 2 amide bonds. The summed E-state index contributed by atoms with van der Waals surface area (Å²) in [4.78, 5) is 23.4. The van der Waals surface area contributed by atoms with Gasteiger partial charge in [0.2, 0.25) is 5.91 Å². The van der Waals surface area contributed by atoms with Crippen molar-refractivity contribution in [2.45, 2.75) is 6.42 Å². The maximum atomic E-state index is 12.2. The van der Waals surface area contributed by atoms with Crippen molar-refractivity contribution in [2.75, 3.05) is 5.32 Å². The second-order valence-electron chi connectivity index (χ2n) is 5.32. The molecule has 3 rings (SSSR count). The van der Waals surface area contributed by atoms with Crippen LogP contribution in [0.1, 0.15) is 15.9 Å². The molecule has 4 nitrogen and oxygen atoms in total. The number of primary amides is 1. The molecule has 0 bridgehead atoms. The van der Waals surface area contributed by atoms with Gasteiger partial charge < -0.3 is 11.1 Å². The lowest BCUT2D eigenvalue weighted by Gasteiger charge is -2.06. The smallest absolute Gasteiger partial charge is 0.251 e. The zero-order valence-corrected chi connectivity index (χ0v) is 13.7. The molecule has 3 aromatic rings. The van der Waals surface area contributed by atoms with Crippen LogP contribution in [-0.2, 0) is 11.2 Å². The molecule has 120 valence electrons. The minimum atomic E-state index is -0.543. The Kier molecular flexibility index (Phi) is 4.72. The Morgan fingerprint density at radius 1 is 0.917 bits per heavy atom. The van der Waals surface area contributed by atoms with E-state index in [0.29, 0.717) is 10.6 Å². The molecule has 5 heteroatoms. The highest BCUT2D eigenvalue weighted by Gasteiger charge is 2.12. The molecule has 0 aliphatic rings. The summed E-state index contributed by atoms with van der Waals surface area (Å²) < 4.78 is 0. The van der Waals surface area contributed by atoms with Crippen LogP contribution in [0.3, 0.4) is 0 Å². The van der Waals surface area contributed by atoms with Gasteiger partial charge in [0.1, 0.15) is 5.00 Å². The first-order valence-electron chi connectivity index (χ1n) is 7.45. The zero-order chi connectivity index (χ0) is 16.9. The minimum Gasteiger partial charge on any atom is -0.366 e. The molecule has 3 N–H and O–H groups in total. The lowest BCUT2D eigenvalue weighted by molar-refractivity contribution is -0.115. The lowest BCUT2D eigenvalue weighted by atomic mass is 10.0. The molecule has 0 spiro atoms. The first-order chi connectivity index (χ1) is 11.6. The van der Waals surface area contributed by atoms with Crippen LogP contribution in [0.2, 0.25) is 0 Å². The van der Waals surface area contributed by atoms with Gasteiger partial charge in [-0.3, -0.25) is 9.59 Å². The molecule has 0 atom stereocenters. The number of nitrogens with two attached hydrogens (primary N) is 1. The number of rotatable bonds is 5. The Labute approximate surface area is 143 Å². The summed E-state index contributed by atoms with van der Waals surface area (Å²) >= 11 is 1.28. The highest BCUT2D eigenvalue weighted by Crippen LogP contribution is 2.23. The summed E-state index contributed by atoms with van der Waals surface area (Å²) in [6.07, 6.45) is 0.241. The van der Waals surface area contributed by atoms with Crippen molar-refractivity contribution in [3.05, 3.63) is 77.2 Å². The quantitative estimate of drug-likeness (QED) is 0.746. The highest BCUT2D eigenvalue weighted by molar-refractivity contribution is 7.14. The van der Waals surface area contributed by atoms with Crippen LogP contribution in [0.5, 0.6) is 0 Å². The van der Waals surface area contributed by atoms with Gasteiger partial charge in [-0.1, -0.05) is 54.6 Å². The number of anilines is 1. The van der Waals surface area contributed by atoms with Crippen molar-refractivity contribution in [3.8, 4) is 11.1 Å². The van der Waals surface area contributed by atoms with Crippen LogP contribution >= 0.6 is 11.3 Å². The summed E-state index contributed by atoms with van der Waals surface area (Å²) in [6.45, 7) is 0. The molecule has 0 saturated heterocycles. The predicted molar refractivity (Wildman–Crippen MR) is 97.0 cm³/mol. The van der Waals surface area contributed by atoms with Gasteiger partial charge in [-0.25, -0.2) is 0 Å². The van der Waals surface area contributed by atoms with Gasteiger partial charge in [-0.15, -0.1) is 11.3 Å². The Hall–Kier alpha value is -2.92. The van der Waals surface area contributed by atoms with E-state index >= 15 is 0 Å². The van der Waals surface area contributed by atoms with Crippen molar-refractivity contribution < 1.29 is 9.59 Å². The fourth-order valence-corrected chi connectivity index (χ4v) is 3.21. The van der Waals surface area contributed by atoms with Crippen molar-refractivity contribution in [3.63, 3.8) is 0 Å². The molecule has 1 heterocycles. The third kappa shape index (κ3) is 3.70. The van der Waals surface area contributed by atoms with Crippen LogP contribution in [0, 0.1) is 0 Å². The normalized spacial score (nSPS) is 10.3. The van der Waals surface area contributed by atoms with E-state index in [1.165, 1.54) is 11.3 Å². The third-order valence-corrected chi connectivity index (χ3v) is 4.44. The SMILES string of the molecule is NC(=O)c1ccsc1NC(=O)Cc1ccc(-c2ccccc2)cc1. The van der Waals surface area contributed by atoms with Crippen molar-refractivity contribution >= 4 is 28.2 Å². The number of thiophene rings is 1. The van der Waals surface area contributed by atoms with E-state index in [0.717, 1.165) is 16.7 Å². The molecule has 0 fully saturated rings. The number of nitrogens with one attached hydrogen (secondary N) is 1. The number of hydrogen-bond donors (Lipinski definition) is 2. The molecular weight excluding hydrogens is 320 g/mol. The molecule has 0 aliphatic carbocycles. The molecule has 1 aromatic heterocycles. The van der Waals surface area contributed by atoms with E-state index in [4.69, 9.17) is 5.73 Å². The topological polar surface area (TPSA) is 72.2 Å². The molecule has 24 heavy (non-hydrogen) atoms. The molecular formula is C19H16N2O2S. The number of hydrogen-bond acceptors (Lipinski definition) is 3. The van der Waals surface area contributed by atoms with E-state index < -0.39 is 5.91 Å². The standard InChI is InChI=1S/C19H16N2O2S/c20-18(23)16-10-11-24-19(16)21-17(22)12-13-6-8-15(9-7-13)14-4-2-1-3-5-14/h1-11H,12H2,(H2,20,23)(H,21,22). The average Bonchev–Trinajstić information content (AvgIpc) is 3.04. The second-order valence-corrected chi connectivity index (χ2v) is 6.23. The van der Waals surface area contributed by atoms with Gasteiger partial charge in [0.15, 0.2) is 0 Å². The highest BCUT2D eigenvalue weighted by atomic mass is 32.1. The first kappa shape index (κ1) is 16.0. The van der Waals surface area contributed by atoms with E-state index in [2.05, 4.69) is 5.32 Å². The number of benzene rings is 2. The maximum Gasteiger partial charge on any atom is 0.251 e. The number of amides is 2. The molecule has 0 unspecified atom stereocenters. The van der Waals surface area contributed by atoms with E-state index in [1.807, 2.05) is 54.6 Å². The fourth-order valence-electron chi connectivity index (χ4n) is 2.40. The van der Waals surface area contributed by atoms with Gasteiger partial charge >= 0.3 is 0 Å². The molecule has 0 aliphatic heterocycles. The summed E-state index contributed by atoms with van der Waals surface area (Å²) in [5.41, 5.74) is 8.77. The molecule has 0 radical (unpaired) electrons. The predicted octanol–water partition coefficient (Wildman–Crippen LogP) is 3.70. The third-order valence-electron chi connectivity index (χ3n) is 3.61. The van der Waals surface area contributed by atoms with Crippen LogP contribution in [-0.4, -0.2) is 11.8 Å². The second kappa shape index (κ2) is 7.10. The summed E-state index contributed by atoms with van der Waals surface area (Å²) in [6, 6.07) is 19.5. The van der Waals surface area contributed by atoms with Gasteiger partial charge in [0.25, 0.3) is 5.91 Å². The van der Waals surface area contributed by atoms with Crippen molar-refractivity contribution in [1.82, 2.24) is 0 Å². The molecule has 2 aromatic carbocycles. The number of carbonyl (C=O) groups is 2. The van der Waals surface area contributed by atoms with Crippen molar-refractivity contribution in [1.29, 1.82) is 0 Å². The Bertz CT molecular complexity index is 855. The lowest BCUT2D eigenvalue weighted by Crippen LogP contribution is -2.17. The van der Waals surface area contributed by atoms with Crippen molar-refractivity contribution in [2.24, 2.45) is 5.73 Å². The van der Waals surface area contributed by atoms with E-state index in [1.54, 1.807) is 11.4 Å². The largest absolute Gasteiger partial charge is 0.366 e. The number of carbonyl (C=O) groups excluding carboxylic acids is 2. The monoisotopic (exact) mass is 336 g/mol. The van der Waals surface area contributed by atoms with Gasteiger partial charge in [0.05, 0.1) is 12.0 Å². The van der Waals surface area contributed by atoms with Crippen LogP contribution in [0.4, 0.5) is 5.00 Å². The fraction of sp³-hybridized carbons (Fsp3) is 0.0526. The summed E-state index contributed by atoms with van der Waals surface area (Å²) in [5, 5.41) is 4.97. The maximum absolute atomic E-state index is 12.2. The zero-order valence-electron chi connectivity index (χ0n) is 12.9. The Balaban J connectivity index is 1.67. The summed E-state index contributed by atoms with van der Waals surface area (Å²) in [5.74, 6) is -0.717. The van der Waals surface area contributed by atoms with Gasteiger partial charge in [0, 0.05) is 0 Å². The van der Waals surface area contributed by atoms with Crippen LogP contribution in [0.15, 0.2) is 66.0 Å². The summed E-state index contributed by atoms with van der Waals surface area (Å²) in [7, 11) is 0. The van der Waals surface area contributed by atoms with E-state index in [9.17, 15) is 9.59 Å². The average molecular weight is 336 g/mol. The first-order valence-corrected chi connectivity index (χ1v) is 8.33. The molecule has 0 saturated carbocycles. The van der Waals surface area contributed by atoms with Crippen LogP contribution in [0.25, 0.3) is 11.1 Å². The Morgan fingerprint density at radius 3 is 2.25 bits per heavy atom. The van der Waals surface area contributed by atoms with Gasteiger partial charge in [-0.2, -0.15) is 0 Å². The Morgan fingerprint density at radius 2 is 1.58 bits per heavy atom. The van der Waals surface area contributed by atoms with Gasteiger partial charge in [-0.05, 0) is 28.1 Å². The van der Waals surface area contributed by atoms with E-state index in [-0.39, 0.29) is 12.3 Å².